The average Bonchev–Trinajstić information content (AvgIpc) is 3.20. The molecule has 0 saturated carbocycles. The molecule has 6 heteroatoms. The van der Waals surface area contributed by atoms with Crippen LogP contribution in [0.4, 0.5) is 5.69 Å². The quantitative estimate of drug-likeness (QED) is 0.491. The molecule has 0 aliphatic carbocycles. The number of hydrogen-bond acceptors (Lipinski definition) is 3. The number of anilines is 1. The van der Waals surface area contributed by atoms with E-state index in [1.807, 2.05) is 83.7 Å². The molecule has 3 heterocycles. The average molecular weight is 431 g/mol. The number of nitrogens with zero attached hydrogens (tertiary/aromatic N) is 3. The number of amides is 1. The number of carbonyl (C=O) groups is 1. The van der Waals surface area contributed by atoms with Gasteiger partial charge in [0.05, 0.1) is 5.52 Å². The number of fused-ring (bicyclic) bond motifs is 1. The Kier molecular flexibility index (Phi) is 5.35. The molecule has 1 saturated heterocycles. The summed E-state index contributed by atoms with van der Waals surface area (Å²) >= 11 is 6.24. The van der Waals surface area contributed by atoms with Crippen molar-refractivity contribution in [3.63, 3.8) is 0 Å². The van der Waals surface area contributed by atoms with Crippen molar-refractivity contribution in [2.75, 3.05) is 18.0 Å². The number of piperidine rings is 1. The van der Waals surface area contributed by atoms with E-state index in [1.54, 1.807) is 0 Å². The van der Waals surface area contributed by atoms with Gasteiger partial charge in [-0.25, -0.2) is 0 Å². The molecule has 31 heavy (non-hydrogen) atoms. The molecular weight excluding hydrogens is 408 g/mol. The first-order valence-corrected chi connectivity index (χ1v) is 10.9. The Labute approximate surface area is 186 Å². The second kappa shape index (κ2) is 8.44. The number of rotatable bonds is 4. The van der Waals surface area contributed by atoms with Crippen LogP contribution < -0.4 is 10.2 Å². The van der Waals surface area contributed by atoms with Gasteiger partial charge in [0.25, 0.3) is 5.91 Å². The Bertz CT molecular complexity index is 1210. The molecule has 2 aromatic carbocycles. The maximum Gasteiger partial charge on any atom is 0.268 e. The van der Waals surface area contributed by atoms with Crippen LogP contribution >= 0.6 is 11.6 Å². The normalized spacial score (nSPS) is 14.7. The van der Waals surface area contributed by atoms with E-state index in [0.717, 1.165) is 42.5 Å². The second-order valence-corrected chi connectivity index (χ2v) is 8.28. The number of pyridine rings is 1. The fourth-order valence-electron chi connectivity index (χ4n) is 4.31. The van der Waals surface area contributed by atoms with Gasteiger partial charge in [0, 0.05) is 53.3 Å². The molecule has 1 aliphatic rings. The minimum absolute atomic E-state index is 0.0569. The van der Waals surface area contributed by atoms with Crippen LogP contribution in [0.1, 0.15) is 23.3 Å². The largest absolute Gasteiger partial charge is 0.371 e. The first kappa shape index (κ1) is 19.6. The van der Waals surface area contributed by atoms with Gasteiger partial charge >= 0.3 is 0 Å². The predicted octanol–water partition coefficient (Wildman–Crippen LogP) is 5.08. The van der Waals surface area contributed by atoms with Crippen LogP contribution in [0, 0.1) is 0 Å². The van der Waals surface area contributed by atoms with Crippen molar-refractivity contribution < 1.29 is 4.79 Å². The Morgan fingerprint density at radius 3 is 2.48 bits per heavy atom. The summed E-state index contributed by atoms with van der Waals surface area (Å²) in [6.07, 6.45) is 5.45. The molecule has 1 aliphatic heterocycles. The fourth-order valence-corrected chi connectivity index (χ4v) is 4.50. The Hall–Kier alpha value is -3.31. The van der Waals surface area contributed by atoms with Crippen LogP contribution in [0.2, 0.25) is 5.02 Å². The lowest BCUT2D eigenvalue weighted by Crippen LogP contribution is -2.45. The smallest absolute Gasteiger partial charge is 0.268 e. The molecule has 156 valence electrons. The number of nitrogens with one attached hydrogen (secondary N) is 1. The van der Waals surface area contributed by atoms with Crippen molar-refractivity contribution in [2.45, 2.75) is 18.9 Å². The Balaban J connectivity index is 1.38. The topological polar surface area (TPSA) is 50.2 Å². The lowest BCUT2D eigenvalue weighted by atomic mass is 10.0. The number of aromatic nitrogens is 2. The van der Waals surface area contributed by atoms with Crippen molar-refractivity contribution >= 4 is 34.1 Å². The third-order valence-corrected chi connectivity index (χ3v) is 6.10. The van der Waals surface area contributed by atoms with Crippen molar-refractivity contribution in [3.8, 4) is 5.69 Å². The van der Waals surface area contributed by atoms with E-state index in [9.17, 15) is 4.79 Å². The van der Waals surface area contributed by atoms with Crippen LogP contribution in [0.25, 0.3) is 16.6 Å². The summed E-state index contributed by atoms with van der Waals surface area (Å²) in [7, 11) is 0. The molecule has 5 nitrogen and oxygen atoms in total. The molecule has 1 N–H and O–H groups in total. The highest BCUT2D eigenvalue weighted by atomic mass is 35.5. The van der Waals surface area contributed by atoms with Gasteiger partial charge in [-0.15, -0.1) is 0 Å². The lowest BCUT2D eigenvalue weighted by molar-refractivity contribution is 0.0924. The predicted molar refractivity (Wildman–Crippen MR) is 125 cm³/mol. The summed E-state index contributed by atoms with van der Waals surface area (Å²) in [6.45, 7) is 1.82. The van der Waals surface area contributed by atoms with Crippen LogP contribution in [0.3, 0.4) is 0 Å². The van der Waals surface area contributed by atoms with Gasteiger partial charge in [-0.2, -0.15) is 0 Å². The van der Waals surface area contributed by atoms with E-state index < -0.39 is 0 Å². The zero-order valence-electron chi connectivity index (χ0n) is 17.0. The molecular formula is C25H23ClN4O. The number of benzene rings is 2. The van der Waals surface area contributed by atoms with Crippen LogP contribution in [0.15, 0.2) is 79.1 Å². The number of hydrogen-bond donors (Lipinski definition) is 1. The van der Waals surface area contributed by atoms with Crippen LogP contribution in [-0.2, 0) is 0 Å². The van der Waals surface area contributed by atoms with Crippen molar-refractivity contribution in [2.24, 2.45) is 0 Å². The van der Waals surface area contributed by atoms with Gasteiger partial charge < -0.3 is 14.8 Å². The molecule has 1 fully saturated rings. The summed E-state index contributed by atoms with van der Waals surface area (Å²) in [5, 5.41) is 4.93. The van der Waals surface area contributed by atoms with Gasteiger partial charge in [0.2, 0.25) is 0 Å². The molecule has 0 spiro atoms. The molecule has 1 amide bonds. The molecule has 4 aromatic rings. The summed E-state index contributed by atoms with van der Waals surface area (Å²) < 4.78 is 1.99. The maximum atomic E-state index is 13.3. The third kappa shape index (κ3) is 4.01. The minimum atomic E-state index is -0.0569. The van der Waals surface area contributed by atoms with Gasteiger partial charge in [-0.1, -0.05) is 35.9 Å². The van der Waals surface area contributed by atoms with Gasteiger partial charge in [0.1, 0.15) is 5.69 Å². The number of carbonyl (C=O) groups excluding carboxylic acids is 1. The molecule has 0 bridgehead atoms. The van der Waals surface area contributed by atoms with E-state index in [2.05, 4.69) is 15.2 Å². The number of halogens is 1. The highest BCUT2D eigenvalue weighted by Crippen LogP contribution is 2.26. The summed E-state index contributed by atoms with van der Waals surface area (Å²) in [6, 6.07) is 21.8. The maximum absolute atomic E-state index is 13.3. The van der Waals surface area contributed by atoms with E-state index in [4.69, 9.17) is 11.6 Å². The Morgan fingerprint density at radius 1 is 0.935 bits per heavy atom. The molecule has 2 aromatic heterocycles. The molecule has 0 radical (unpaired) electrons. The van der Waals surface area contributed by atoms with Crippen LogP contribution in [-0.4, -0.2) is 34.6 Å². The minimum Gasteiger partial charge on any atom is -0.371 e. The highest BCUT2D eigenvalue weighted by molar-refractivity contribution is 6.30. The van der Waals surface area contributed by atoms with Crippen LogP contribution in [0.5, 0.6) is 0 Å². The monoisotopic (exact) mass is 430 g/mol. The standard InChI is InChI=1S/C25H23ClN4O/c26-19-5-3-6-22(17-19)30-23-7-2-1-4-18(23)16-24(30)25(31)28-20-10-14-29(15-11-20)21-8-12-27-13-9-21/h1-9,12-13,16-17,20H,10-11,14-15H2,(H,28,31). The van der Waals surface area contributed by atoms with Crippen molar-refractivity contribution in [1.82, 2.24) is 14.9 Å². The fraction of sp³-hybridized carbons (Fsp3) is 0.200. The number of para-hydroxylation sites is 1. The zero-order valence-corrected chi connectivity index (χ0v) is 17.8. The van der Waals surface area contributed by atoms with Gasteiger partial charge in [-0.3, -0.25) is 9.78 Å². The van der Waals surface area contributed by atoms with Gasteiger partial charge in [-0.05, 0) is 55.3 Å². The van der Waals surface area contributed by atoms with Crippen molar-refractivity contribution in [3.05, 3.63) is 89.8 Å². The van der Waals surface area contributed by atoms with E-state index in [0.29, 0.717) is 10.7 Å². The lowest BCUT2D eigenvalue weighted by Gasteiger charge is -2.33. The highest BCUT2D eigenvalue weighted by Gasteiger charge is 2.24. The molecule has 0 atom stereocenters. The summed E-state index contributed by atoms with van der Waals surface area (Å²) in [4.78, 5) is 19.8. The van der Waals surface area contributed by atoms with E-state index in [1.165, 1.54) is 5.69 Å². The SMILES string of the molecule is O=C(NC1CCN(c2ccncc2)CC1)c1cc2ccccc2n1-c1cccc(Cl)c1. The van der Waals surface area contributed by atoms with Gasteiger partial charge in [0.15, 0.2) is 0 Å². The van der Waals surface area contributed by atoms with E-state index >= 15 is 0 Å². The third-order valence-electron chi connectivity index (χ3n) is 5.87. The zero-order chi connectivity index (χ0) is 21.2. The molecule has 0 unspecified atom stereocenters. The van der Waals surface area contributed by atoms with Crippen molar-refractivity contribution in [1.29, 1.82) is 0 Å². The summed E-state index contributed by atoms with van der Waals surface area (Å²) in [5.74, 6) is -0.0569. The second-order valence-electron chi connectivity index (χ2n) is 7.84. The first-order valence-electron chi connectivity index (χ1n) is 10.5. The van der Waals surface area contributed by atoms with E-state index in [-0.39, 0.29) is 11.9 Å². The first-order chi connectivity index (χ1) is 15.2. The summed E-state index contributed by atoms with van der Waals surface area (Å²) in [5.41, 5.74) is 3.68. The molecule has 5 rings (SSSR count). The Morgan fingerprint density at radius 2 is 1.71 bits per heavy atom.